The summed E-state index contributed by atoms with van der Waals surface area (Å²) in [5, 5.41) is 9.11. The van der Waals surface area contributed by atoms with Crippen LogP contribution in [0.3, 0.4) is 0 Å². The Balaban J connectivity index is 0.992. The highest BCUT2D eigenvalue weighted by molar-refractivity contribution is 8.00. The second-order valence-electron chi connectivity index (χ2n) is 13.3. The third-order valence-corrected chi connectivity index (χ3v) is 12.5. The van der Waals surface area contributed by atoms with Crippen molar-refractivity contribution in [3.8, 4) is 0 Å². The van der Waals surface area contributed by atoms with E-state index in [1.165, 1.54) is 34.7 Å². The number of benzene rings is 2. The van der Waals surface area contributed by atoms with Crippen LogP contribution < -0.4 is 32.1 Å². The lowest BCUT2D eigenvalue weighted by Gasteiger charge is -2.21. The van der Waals surface area contributed by atoms with E-state index in [4.69, 9.17) is 9.47 Å². The van der Waals surface area contributed by atoms with Gasteiger partial charge in [0.2, 0.25) is 17.7 Å². The minimum Gasteiger partial charge on any atom is -0.450 e. The molecule has 278 valence electrons. The summed E-state index contributed by atoms with van der Waals surface area (Å²) in [4.78, 5) is 77.4. The molecule has 6 rings (SSSR count). The van der Waals surface area contributed by atoms with Gasteiger partial charge in [0.15, 0.2) is 0 Å². The number of aryl methyl sites for hydroxylation is 3. The normalized spacial score (nSPS) is 24.4. The molecule has 6 N–H and O–H groups in total. The maximum Gasteiger partial charge on any atom is 0.413 e. The van der Waals surface area contributed by atoms with Crippen molar-refractivity contribution in [2.24, 2.45) is 11.8 Å². The molecule has 3 aliphatic heterocycles. The highest BCUT2D eigenvalue weighted by Crippen LogP contribution is 2.40. The Kier molecular flexibility index (Phi) is 12.3. The molecule has 1 aliphatic carbocycles. The maximum atomic E-state index is 13.4. The molecule has 0 saturated carbocycles. The van der Waals surface area contributed by atoms with Crippen LogP contribution in [-0.4, -0.2) is 70.8 Å². The molecule has 0 spiro atoms. The summed E-state index contributed by atoms with van der Waals surface area (Å²) in [6.07, 6.45) is 3.57. The first-order chi connectivity index (χ1) is 25.1. The van der Waals surface area contributed by atoms with Gasteiger partial charge in [-0.15, -0.1) is 23.5 Å². The first-order valence-electron chi connectivity index (χ1n) is 17.7. The van der Waals surface area contributed by atoms with Crippen molar-refractivity contribution < 1.29 is 38.2 Å². The lowest BCUT2D eigenvalue weighted by atomic mass is 9.90. The number of carbonyl (C=O) groups is 6. The number of hydrazine groups is 1. The van der Waals surface area contributed by atoms with E-state index >= 15 is 0 Å². The van der Waals surface area contributed by atoms with Gasteiger partial charge >= 0.3 is 12.2 Å². The number of amides is 6. The summed E-state index contributed by atoms with van der Waals surface area (Å²) in [6.45, 7) is 3.61. The van der Waals surface area contributed by atoms with Gasteiger partial charge in [-0.3, -0.25) is 29.8 Å². The summed E-state index contributed by atoms with van der Waals surface area (Å²) in [6, 6.07) is 10.8. The lowest BCUT2D eigenvalue weighted by molar-refractivity contribution is -0.126. The monoisotopic (exact) mass is 752 g/mol. The van der Waals surface area contributed by atoms with Crippen LogP contribution in [0.2, 0.25) is 0 Å². The SMILES string of the molecule is CCOC(=O)NC(=O)C1CC(CCOC(=O)NC(=O)C2CCSC2NC(=O)c2ccc3c(c2)CCCC3)SC1NC(=O)C1NNc2cc(C)ccc21. The van der Waals surface area contributed by atoms with Crippen LogP contribution >= 0.6 is 23.5 Å². The van der Waals surface area contributed by atoms with E-state index < -0.39 is 52.6 Å². The minimum absolute atomic E-state index is 0.0532. The number of hydrogen-bond acceptors (Lipinski definition) is 12. The van der Waals surface area contributed by atoms with Gasteiger partial charge in [-0.25, -0.2) is 15.0 Å². The van der Waals surface area contributed by atoms with E-state index in [1.54, 1.807) is 6.92 Å². The van der Waals surface area contributed by atoms with Gasteiger partial charge in [-0.05, 0) is 99.4 Å². The fraction of sp³-hybridized carbons (Fsp3) is 0.500. The minimum atomic E-state index is -0.903. The predicted octanol–water partition coefficient (Wildman–Crippen LogP) is 3.83. The van der Waals surface area contributed by atoms with E-state index in [0.29, 0.717) is 30.6 Å². The number of alkyl carbamates (subject to hydrolysis) is 2. The zero-order chi connectivity index (χ0) is 36.8. The van der Waals surface area contributed by atoms with Gasteiger partial charge in [0.05, 0.1) is 41.5 Å². The van der Waals surface area contributed by atoms with Gasteiger partial charge in [0.25, 0.3) is 5.91 Å². The third kappa shape index (κ3) is 9.01. The van der Waals surface area contributed by atoms with Crippen molar-refractivity contribution in [3.05, 3.63) is 64.2 Å². The molecule has 16 heteroatoms. The van der Waals surface area contributed by atoms with E-state index in [9.17, 15) is 28.8 Å². The molecule has 4 aliphatic rings. The molecule has 2 aromatic carbocycles. The Morgan fingerprint density at radius 3 is 2.38 bits per heavy atom. The highest BCUT2D eigenvalue weighted by Gasteiger charge is 2.43. The molecule has 2 saturated heterocycles. The third-order valence-electron chi connectivity index (χ3n) is 9.69. The van der Waals surface area contributed by atoms with Gasteiger partial charge in [0, 0.05) is 16.4 Å². The summed E-state index contributed by atoms with van der Waals surface area (Å²) < 4.78 is 10.2. The standard InChI is InChI=1S/C36H44N6O8S2/c1-3-49-35(47)40-31(45)26-18-23(52-34(26)38-32(46)28-24-11-8-19(2)16-27(24)41-42-28)12-14-50-36(48)39-30(44)25-13-15-51-33(25)37-29(43)22-10-9-20-6-4-5-7-21(20)17-22/h8-11,16-17,23,25-26,28,33-34,41-42H,3-7,12-15,18H2,1-2H3,(H,37,43)(H,38,46)(H,39,44,48)(H,40,45,47). The number of fused-ring (bicyclic) bond motifs is 2. The molecular weight excluding hydrogens is 709 g/mol. The Bertz CT molecular complexity index is 1730. The number of hydrogen-bond donors (Lipinski definition) is 6. The van der Waals surface area contributed by atoms with Crippen LogP contribution in [0.1, 0.15) is 77.7 Å². The number of imide groups is 2. The molecular formula is C36H44N6O8S2. The predicted molar refractivity (Wildman–Crippen MR) is 196 cm³/mol. The molecule has 6 unspecified atom stereocenters. The molecule has 0 bridgehead atoms. The first kappa shape index (κ1) is 37.5. The Labute approximate surface area is 310 Å². The van der Waals surface area contributed by atoms with Crippen molar-refractivity contribution in [2.45, 2.75) is 80.8 Å². The number of rotatable bonds is 10. The molecule has 6 atom stereocenters. The van der Waals surface area contributed by atoms with Crippen LogP contribution in [0.25, 0.3) is 0 Å². The van der Waals surface area contributed by atoms with Crippen LogP contribution in [0.4, 0.5) is 15.3 Å². The highest BCUT2D eigenvalue weighted by atomic mass is 32.2. The van der Waals surface area contributed by atoms with Crippen LogP contribution in [-0.2, 0) is 36.7 Å². The van der Waals surface area contributed by atoms with Gasteiger partial charge in [-0.2, -0.15) is 0 Å². The van der Waals surface area contributed by atoms with Gasteiger partial charge < -0.3 is 25.5 Å². The second kappa shape index (κ2) is 17.0. The maximum absolute atomic E-state index is 13.4. The summed E-state index contributed by atoms with van der Waals surface area (Å²) in [5.41, 5.74) is 11.6. The zero-order valence-electron chi connectivity index (χ0n) is 29.1. The van der Waals surface area contributed by atoms with Crippen LogP contribution in [0.5, 0.6) is 0 Å². The van der Waals surface area contributed by atoms with E-state index in [-0.39, 0.29) is 30.3 Å². The number of ether oxygens (including phenoxy) is 2. The summed E-state index contributed by atoms with van der Waals surface area (Å²) in [5.74, 6) is -2.42. The second-order valence-corrected chi connectivity index (χ2v) is 16.0. The van der Waals surface area contributed by atoms with Crippen molar-refractivity contribution in [3.63, 3.8) is 0 Å². The number of carbonyl (C=O) groups excluding carboxylic acids is 6. The van der Waals surface area contributed by atoms with Crippen LogP contribution in [0.15, 0.2) is 36.4 Å². The Morgan fingerprint density at radius 2 is 1.60 bits per heavy atom. The molecule has 52 heavy (non-hydrogen) atoms. The van der Waals surface area contributed by atoms with Crippen molar-refractivity contribution in [1.29, 1.82) is 0 Å². The molecule has 0 radical (unpaired) electrons. The average molecular weight is 753 g/mol. The van der Waals surface area contributed by atoms with Crippen molar-refractivity contribution >= 4 is 65.0 Å². The zero-order valence-corrected chi connectivity index (χ0v) is 30.7. The van der Waals surface area contributed by atoms with Crippen molar-refractivity contribution in [1.82, 2.24) is 26.7 Å². The van der Waals surface area contributed by atoms with Crippen LogP contribution in [0, 0.1) is 18.8 Å². The molecule has 2 aromatic rings. The van der Waals surface area contributed by atoms with E-state index in [0.717, 1.165) is 42.5 Å². The number of nitrogens with one attached hydrogen (secondary N) is 6. The van der Waals surface area contributed by atoms with Gasteiger partial charge in [-0.1, -0.05) is 18.2 Å². The van der Waals surface area contributed by atoms with Gasteiger partial charge in [0.1, 0.15) is 6.04 Å². The molecule has 3 heterocycles. The lowest BCUT2D eigenvalue weighted by Crippen LogP contribution is -2.47. The van der Waals surface area contributed by atoms with Crippen molar-refractivity contribution in [2.75, 3.05) is 24.4 Å². The quantitative estimate of drug-likeness (QED) is 0.206. The largest absolute Gasteiger partial charge is 0.450 e. The molecule has 0 aromatic heterocycles. The fourth-order valence-corrected chi connectivity index (χ4v) is 9.88. The molecule has 2 fully saturated rings. The summed E-state index contributed by atoms with van der Waals surface area (Å²) >= 11 is 2.81. The smallest absolute Gasteiger partial charge is 0.413 e. The average Bonchev–Trinajstić information content (AvgIpc) is 3.86. The summed E-state index contributed by atoms with van der Waals surface area (Å²) in [7, 11) is 0. The van der Waals surface area contributed by atoms with E-state index in [2.05, 4.69) is 32.1 Å². The molecule has 6 amide bonds. The Hall–Kier alpha value is -4.28. The number of anilines is 1. The molecule has 14 nitrogen and oxygen atoms in total. The topological polar surface area (TPSA) is 193 Å². The Morgan fingerprint density at radius 1 is 0.846 bits per heavy atom. The van der Waals surface area contributed by atoms with E-state index in [1.807, 2.05) is 43.3 Å². The fourth-order valence-electron chi connectivity index (χ4n) is 6.98. The number of thioether (sulfide) groups is 2. The first-order valence-corrected chi connectivity index (χ1v) is 19.7.